The zero-order chi connectivity index (χ0) is 14.7. The van der Waals surface area contributed by atoms with Gasteiger partial charge in [-0.2, -0.15) is 0 Å². The van der Waals surface area contributed by atoms with Gasteiger partial charge in [-0.05, 0) is 12.1 Å². The molecule has 21 heavy (non-hydrogen) atoms. The van der Waals surface area contributed by atoms with E-state index in [1.807, 2.05) is 24.3 Å². The Bertz CT molecular complexity index is 543. The Morgan fingerprint density at radius 2 is 2.19 bits per heavy atom. The third-order valence-electron chi connectivity index (χ3n) is 3.82. The molecule has 0 unspecified atom stereocenters. The second-order valence-electron chi connectivity index (χ2n) is 5.38. The van der Waals surface area contributed by atoms with Crippen molar-refractivity contribution in [3.63, 3.8) is 0 Å². The monoisotopic (exact) mass is 289 g/mol. The van der Waals surface area contributed by atoms with Crippen molar-refractivity contribution in [2.45, 2.75) is 6.42 Å². The summed E-state index contributed by atoms with van der Waals surface area (Å²) in [5.41, 5.74) is 0.741. The fourth-order valence-corrected chi connectivity index (χ4v) is 2.45. The Morgan fingerprint density at radius 3 is 2.95 bits per heavy atom. The van der Waals surface area contributed by atoms with Gasteiger partial charge in [0.25, 0.3) is 5.91 Å². The number of anilines is 1. The predicted octanol–water partition coefficient (Wildman–Crippen LogP) is 0.138. The quantitative estimate of drug-likeness (QED) is 0.809. The van der Waals surface area contributed by atoms with Crippen LogP contribution in [0.1, 0.15) is 6.42 Å². The lowest BCUT2D eigenvalue weighted by Crippen LogP contribution is -2.48. The van der Waals surface area contributed by atoms with Gasteiger partial charge >= 0.3 is 0 Å². The molecule has 2 N–H and O–H groups in total. The molecular formula is C15H19N3O3. The molecule has 0 saturated carbocycles. The molecule has 2 aliphatic rings. The zero-order valence-electron chi connectivity index (χ0n) is 11.8. The average Bonchev–Trinajstić information content (AvgIpc) is 2.44. The number of amides is 2. The van der Waals surface area contributed by atoms with Gasteiger partial charge < -0.3 is 20.3 Å². The van der Waals surface area contributed by atoms with Crippen LogP contribution in [0.4, 0.5) is 5.69 Å². The SMILES string of the molecule is O=C(CCN1C(=O)COc2ccccc21)NCC1CNC1. The molecule has 1 saturated heterocycles. The van der Waals surface area contributed by atoms with E-state index >= 15 is 0 Å². The number of carbonyl (C=O) groups is 2. The van der Waals surface area contributed by atoms with E-state index in [0.717, 1.165) is 18.8 Å². The van der Waals surface area contributed by atoms with Crippen molar-refractivity contribution in [3.05, 3.63) is 24.3 Å². The van der Waals surface area contributed by atoms with Crippen molar-refractivity contribution in [2.24, 2.45) is 5.92 Å². The number of hydrogen-bond donors (Lipinski definition) is 2. The van der Waals surface area contributed by atoms with Crippen LogP contribution in [0.5, 0.6) is 5.75 Å². The second-order valence-corrected chi connectivity index (χ2v) is 5.38. The first-order chi connectivity index (χ1) is 10.2. The first-order valence-corrected chi connectivity index (χ1v) is 7.23. The number of nitrogens with one attached hydrogen (secondary N) is 2. The highest BCUT2D eigenvalue weighted by Crippen LogP contribution is 2.31. The highest BCUT2D eigenvalue weighted by atomic mass is 16.5. The molecule has 1 fully saturated rings. The Kier molecular flexibility index (Phi) is 4.06. The zero-order valence-corrected chi connectivity index (χ0v) is 11.8. The Hall–Kier alpha value is -2.08. The van der Waals surface area contributed by atoms with Crippen LogP contribution in [0.2, 0.25) is 0 Å². The third-order valence-corrected chi connectivity index (χ3v) is 3.82. The van der Waals surface area contributed by atoms with Crippen molar-refractivity contribution in [2.75, 3.05) is 37.7 Å². The molecular weight excluding hydrogens is 270 g/mol. The third kappa shape index (κ3) is 3.16. The number of para-hydroxylation sites is 2. The largest absolute Gasteiger partial charge is 0.482 e. The maximum atomic E-state index is 12.0. The van der Waals surface area contributed by atoms with E-state index in [1.165, 1.54) is 0 Å². The van der Waals surface area contributed by atoms with Gasteiger partial charge in [0.1, 0.15) is 5.75 Å². The summed E-state index contributed by atoms with van der Waals surface area (Å²) in [5.74, 6) is 1.11. The van der Waals surface area contributed by atoms with Gasteiger partial charge in [-0.1, -0.05) is 12.1 Å². The normalized spacial score (nSPS) is 17.7. The van der Waals surface area contributed by atoms with Gasteiger partial charge in [0, 0.05) is 38.5 Å². The molecule has 0 atom stereocenters. The van der Waals surface area contributed by atoms with Gasteiger partial charge in [0.05, 0.1) is 5.69 Å². The van der Waals surface area contributed by atoms with Crippen LogP contribution >= 0.6 is 0 Å². The number of nitrogens with zero attached hydrogens (tertiary/aromatic N) is 1. The van der Waals surface area contributed by atoms with Crippen molar-refractivity contribution in [3.8, 4) is 5.75 Å². The van der Waals surface area contributed by atoms with Gasteiger partial charge in [0.2, 0.25) is 5.91 Å². The summed E-state index contributed by atoms with van der Waals surface area (Å²) in [7, 11) is 0. The van der Waals surface area contributed by atoms with Gasteiger partial charge in [0.15, 0.2) is 6.61 Å². The summed E-state index contributed by atoms with van der Waals surface area (Å²) >= 11 is 0. The van der Waals surface area contributed by atoms with Crippen molar-refractivity contribution in [1.29, 1.82) is 0 Å². The average molecular weight is 289 g/mol. The van der Waals surface area contributed by atoms with Gasteiger partial charge in [-0.25, -0.2) is 0 Å². The van der Waals surface area contributed by atoms with Crippen molar-refractivity contribution < 1.29 is 14.3 Å². The first-order valence-electron chi connectivity index (χ1n) is 7.23. The smallest absolute Gasteiger partial charge is 0.265 e. The summed E-state index contributed by atoms with van der Waals surface area (Å²) in [6.07, 6.45) is 0.306. The minimum Gasteiger partial charge on any atom is -0.482 e. The number of fused-ring (bicyclic) bond motifs is 1. The lowest BCUT2D eigenvalue weighted by atomic mass is 10.0. The summed E-state index contributed by atoms with van der Waals surface area (Å²) in [6, 6.07) is 7.40. The van der Waals surface area contributed by atoms with Crippen molar-refractivity contribution >= 4 is 17.5 Å². The Labute approximate surface area is 123 Å². The van der Waals surface area contributed by atoms with Crippen molar-refractivity contribution in [1.82, 2.24) is 10.6 Å². The highest BCUT2D eigenvalue weighted by Gasteiger charge is 2.25. The summed E-state index contributed by atoms with van der Waals surface area (Å²) in [5, 5.41) is 6.08. The van der Waals surface area contributed by atoms with Crippen LogP contribution in [0, 0.1) is 5.92 Å². The second kappa shape index (κ2) is 6.13. The number of ether oxygens (including phenoxy) is 1. The fourth-order valence-electron chi connectivity index (χ4n) is 2.45. The van der Waals surface area contributed by atoms with Crippen LogP contribution in [0.15, 0.2) is 24.3 Å². The van der Waals surface area contributed by atoms with Crippen LogP contribution < -0.4 is 20.3 Å². The van der Waals surface area contributed by atoms with Crippen LogP contribution in [-0.4, -0.2) is 44.6 Å². The molecule has 0 aromatic heterocycles. The molecule has 2 amide bonds. The Balaban J connectivity index is 1.54. The molecule has 0 radical (unpaired) electrons. The lowest BCUT2D eigenvalue weighted by Gasteiger charge is -2.29. The lowest BCUT2D eigenvalue weighted by molar-refractivity contribution is -0.122. The number of rotatable bonds is 5. The predicted molar refractivity (Wildman–Crippen MR) is 78.3 cm³/mol. The number of carbonyl (C=O) groups excluding carboxylic acids is 2. The van der Waals surface area contributed by atoms with Gasteiger partial charge in [-0.3, -0.25) is 9.59 Å². The number of hydrogen-bond acceptors (Lipinski definition) is 4. The topological polar surface area (TPSA) is 70.7 Å². The molecule has 0 spiro atoms. The molecule has 0 bridgehead atoms. The van der Waals surface area contributed by atoms with E-state index in [2.05, 4.69) is 10.6 Å². The molecule has 112 valence electrons. The van der Waals surface area contributed by atoms with Crippen LogP contribution in [0.3, 0.4) is 0 Å². The molecule has 2 heterocycles. The van der Waals surface area contributed by atoms with E-state index in [0.29, 0.717) is 31.2 Å². The maximum absolute atomic E-state index is 12.0. The van der Waals surface area contributed by atoms with E-state index < -0.39 is 0 Å². The first kappa shape index (κ1) is 13.9. The molecule has 2 aliphatic heterocycles. The van der Waals surface area contributed by atoms with Gasteiger partial charge in [-0.15, -0.1) is 0 Å². The van der Waals surface area contributed by atoms with E-state index in [-0.39, 0.29) is 18.4 Å². The van der Waals surface area contributed by atoms with Crippen LogP contribution in [0.25, 0.3) is 0 Å². The summed E-state index contributed by atoms with van der Waals surface area (Å²) in [6.45, 7) is 3.06. The standard InChI is InChI=1S/C15H19N3O3/c19-14(17-9-11-7-16-8-11)5-6-18-12-3-1-2-4-13(12)21-10-15(18)20/h1-4,11,16H,5-10H2,(H,17,19). The molecule has 6 nitrogen and oxygen atoms in total. The van der Waals surface area contributed by atoms with E-state index in [9.17, 15) is 9.59 Å². The summed E-state index contributed by atoms with van der Waals surface area (Å²) in [4.78, 5) is 25.4. The highest BCUT2D eigenvalue weighted by molar-refractivity contribution is 5.98. The molecule has 0 aliphatic carbocycles. The minimum atomic E-state index is -0.107. The molecule has 3 rings (SSSR count). The fraction of sp³-hybridized carbons (Fsp3) is 0.467. The molecule has 6 heteroatoms. The molecule has 1 aromatic rings. The van der Waals surface area contributed by atoms with Crippen LogP contribution in [-0.2, 0) is 9.59 Å². The van der Waals surface area contributed by atoms with E-state index in [4.69, 9.17) is 4.74 Å². The maximum Gasteiger partial charge on any atom is 0.265 e. The summed E-state index contributed by atoms with van der Waals surface area (Å²) < 4.78 is 5.38. The molecule has 1 aromatic carbocycles. The minimum absolute atomic E-state index is 0.0151. The van der Waals surface area contributed by atoms with E-state index in [1.54, 1.807) is 4.90 Å². The Morgan fingerprint density at radius 1 is 1.38 bits per heavy atom. The number of benzene rings is 1.